The predicted molar refractivity (Wildman–Crippen MR) is 106 cm³/mol. The molecule has 0 saturated heterocycles. The second-order valence-corrected chi connectivity index (χ2v) is 8.03. The molecule has 1 aromatic carbocycles. The lowest BCUT2D eigenvalue weighted by Crippen LogP contribution is -2.01. The average Bonchev–Trinajstić information content (AvgIpc) is 3.66. The van der Waals surface area contributed by atoms with Crippen LogP contribution in [0.1, 0.15) is 74.2 Å². The second-order valence-electron chi connectivity index (χ2n) is 8.03. The Morgan fingerprint density at radius 2 is 1.82 bits per heavy atom. The Balaban J connectivity index is 1.05. The van der Waals surface area contributed by atoms with Gasteiger partial charge in [-0.3, -0.25) is 0 Å². The molecule has 6 nitrogen and oxygen atoms in total. The molecule has 0 amide bonds. The number of aromatic nitrogens is 3. The van der Waals surface area contributed by atoms with Crippen LogP contribution in [0.3, 0.4) is 0 Å². The Bertz CT molecular complexity index is 924. The van der Waals surface area contributed by atoms with Crippen molar-refractivity contribution in [3.63, 3.8) is 0 Å². The second kappa shape index (κ2) is 7.78. The number of nitrogens with one attached hydrogen (secondary N) is 1. The van der Waals surface area contributed by atoms with Crippen LogP contribution in [0.4, 0.5) is 5.69 Å². The SMILES string of the molecule is c1cc(NCCCCCc2nc(C3CC3)no2)cc(-c2cc(C3CC3)no2)c1. The van der Waals surface area contributed by atoms with Gasteiger partial charge in [0.15, 0.2) is 11.6 Å². The van der Waals surface area contributed by atoms with Crippen LogP contribution in [0.2, 0.25) is 0 Å². The van der Waals surface area contributed by atoms with Gasteiger partial charge in [-0.05, 0) is 50.7 Å². The molecule has 2 aliphatic rings. The fourth-order valence-corrected chi connectivity index (χ4v) is 3.47. The topological polar surface area (TPSA) is 77.0 Å². The zero-order chi connectivity index (χ0) is 18.8. The van der Waals surface area contributed by atoms with E-state index in [4.69, 9.17) is 9.05 Å². The highest BCUT2D eigenvalue weighted by Crippen LogP contribution is 2.40. The van der Waals surface area contributed by atoms with Gasteiger partial charge in [-0.1, -0.05) is 28.9 Å². The van der Waals surface area contributed by atoms with Gasteiger partial charge in [0.05, 0.1) is 5.69 Å². The monoisotopic (exact) mass is 378 g/mol. The van der Waals surface area contributed by atoms with E-state index < -0.39 is 0 Å². The normalized spacial score (nSPS) is 16.4. The third kappa shape index (κ3) is 4.26. The molecule has 0 spiro atoms. The molecule has 6 heteroatoms. The molecule has 0 radical (unpaired) electrons. The van der Waals surface area contributed by atoms with Crippen LogP contribution in [-0.2, 0) is 6.42 Å². The zero-order valence-corrected chi connectivity index (χ0v) is 16.1. The van der Waals surface area contributed by atoms with Crippen LogP contribution >= 0.6 is 0 Å². The standard InChI is InChI=1S/C22H26N4O2/c1(2-7-21-24-22(26-28-21)16-10-11-16)3-12-23-18-6-4-5-17(13-18)20-14-19(25-27-20)15-8-9-15/h4-6,13-16,23H,1-3,7-12H2. The van der Waals surface area contributed by atoms with Gasteiger partial charge in [-0.2, -0.15) is 4.98 Å². The Hall–Kier alpha value is -2.63. The molecular weight excluding hydrogens is 352 g/mol. The third-order valence-corrected chi connectivity index (χ3v) is 5.49. The number of aryl methyl sites for hydroxylation is 1. The largest absolute Gasteiger partial charge is 0.385 e. The van der Waals surface area contributed by atoms with E-state index in [9.17, 15) is 0 Å². The van der Waals surface area contributed by atoms with E-state index in [0.717, 1.165) is 66.6 Å². The first-order chi connectivity index (χ1) is 13.8. The van der Waals surface area contributed by atoms with Crippen LogP contribution in [0.25, 0.3) is 11.3 Å². The lowest BCUT2D eigenvalue weighted by molar-refractivity contribution is 0.369. The van der Waals surface area contributed by atoms with Crippen LogP contribution in [0.5, 0.6) is 0 Å². The first kappa shape index (κ1) is 17.5. The Morgan fingerprint density at radius 3 is 2.68 bits per heavy atom. The summed E-state index contributed by atoms with van der Waals surface area (Å²) in [5, 5.41) is 11.8. The van der Waals surface area contributed by atoms with Crippen LogP contribution in [0, 0.1) is 0 Å². The van der Waals surface area contributed by atoms with Gasteiger partial charge >= 0.3 is 0 Å². The molecule has 0 unspecified atom stereocenters. The molecule has 0 aliphatic heterocycles. The maximum absolute atomic E-state index is 5.53. The summed E-state index contributed by atoms with van der Waals surface area (Å²) in [6.45, 7) is 0.949. The summed E-state index contributed by atoms with van der Waals surface area (Å²) in [7, 11) is 0. The molecule has 2 aliphatic carbocycles. The molecule has 28 heavy (non-hydrogen) atoms. The minimum absolute atomic E-state index is 0.565. The summed E-state index contributed by atoms with van der Waals surface area (Å²) in [4.78, 5) is 4.49. The fraction of sp³-hybridized carbons (Fsp3) is 0.500. The van der Waals surface area contributed by atoms with Crippen molar-refractivity contribution in [3.8, 4) is 11.3 Å². The molecule has 3 aromatic rings. The van der Waals surface area contributed by atoms with E-state index in [-0.39, 0.29) is 0 Å². The van der Waals surface area contributed by atoms with E-state index in [0.29, 0.717) is 11.8 Å². The van der Waals surface area contributed by atoms with E-state index in [1.54, 1.807) is 0 Å². The van der Waals surface area contributed by atoms with Gasteiger partial charge in [-0.15, -0.1) is 0 Å². The van der Waals surface area contributed by atoms with Crippen molar-refractivity contribution in [2.75, 3.05) is 11.9 Å². The van der Waals surface area contributed by atoms with Gasteiger partial charge in [0.25, 0.3) is 0 Å². The summed E-state index contributed by atoms with van der Waals surface area (Å²) >= 11 is 0. The predicted octanol–water partition coefficient (Wildman–Crippen LogP) is 5.30. The lowest BCUT2D eigenvalue weighted by atomic mass is 10.1. The number of benzene rings is 1. The number of hydrogen-bond acceptors (Lipinski definition) is 6. The first-order valence-corrected chi connectivity index (χ1v) is 10.5. The summed E-state index contributed by atoms with van der Waals surface area (Å²) < 4.78 is 10.9. The van der Waals surface area contributed by atoms with Gasteiger partial charge in [0.2, 0.25) is 5.89 Å². The highest BCUT2D eigenvalue weighted by Gasteiger charge is 2.28. The zero-order valence-electron chi connectivity index (χ0n) is 16.1. The fourth-order valence-electron chi connectivity index (χ4n) is 3.47. The van der Waals surface area contributed by atoms with Crippen molar-refractivity contribution in [1.82, 2.24) is 15.3 Å². The highest BCUT2D eigenvalue weighted by molar-refractivity contribution is 5.64. The number of anilines is 1. The van der Waals surface area contributed by atoms with Crippen molar-refractivity contribution < 1.29 is 9.05 Å². The Labute approximate surface area is 164 Å². The minimum atomic E-state index is 0.565. The summed E-state index contributed by atoms with van der Waals surface area (Å²) in [6, 6.07) is 10.4. The molecule has 2 heterocycles. The molecule has 2 fully saturated rings. The number of nitrogens with zero attached hydrogens (tertiary/aromatic N) is 3. The summed E-state index contributed by atoms with van der Waals surface area (Å²) in [5.41, 5.74) is 3.29. The average molecular weight is 378 g/mol. The summed E-state index contributed by atoms with van der Waals surface area (Å²) in [5.74, 6) is 3.74. The maximum Gasteiger partial charge on any atom is 0.226 e. The number of unbranched alkanes of at least 4 members (excludes halogenated alkanes) is 2. The van der Waals surface area contributed by atoms with Crippen molar-refractivity contribution in [3.05, 3.63) is 47.7 Å². The molecule has 0 bridgehead atoms. The van der Waals surface area contributed by atoms with Crippen LogP contribution in [-0.4, -0.2) is 21.8 Å². The number of hydrogen-bond donors (Lipinski definition) is 1. The lowest BCUT2D eigenvalue weighted by Gasteiger charge is -2.07. The van der Waals surface area contributed by atoms with Crippen molar-refractivity contribution in [2.24, 2.45) is 0 Å². The van der Waals surface area contributed by atoms with Crippen molar-refractivity contribution in [1.29, 1.82) is 0 Å². The highest BCUT2D eigenvalue weighted by atomic mass is 16.5. The Kier molecular flexibility index (Phi) is 4.85. The van der Waals surface area contributed by atoms with Gasteiger partial charge in [0.1, 0.15) is 0 Å². The minimum Gasteiger partial charge on any atom is -0.385 e. The van der Waals surface area contributed by atoms with E-state index in [1.165, 1.54) is 25.7 Å². The number of rotatable bonds is 10. The molecule has 2 saturated carbocycles. The molecule has 146 valence electrons. The first-order valence-electron chi connectivity index (χ1n) is 10.5. The van der Waals surface area contributed by atoms with Crippen molar-refractivity contribution in [2.45, 2.75) is 63.2 Å². The summed E-state index contributed by atoms with van der Waals surface area (Å²) in [6.07, 6.45) is 9.11. The molecule has 1 N–H and O–H groups in total. The maximum atomic E-state index is 5.53. The van der Waals surface area contributed by atoms with Gasteiger partial charge in [-0.25, -0.2) is 0 Å². The van der Waals surface area contributed by atoms with Gasteiger partial charge < -0.3 is 14.4 Å². The van der Waals surface area contributed by atoms with E-state index >= 15 is 0 Å². The van der Waals surface area contributed by atoms with E-state index in [2.05, 4.69) is 50.9 Å². The molecular formula is C22H26N4O2. The van der Waals surface area contributed by atoms with E-state index in [1.807, 2.05) is 0 Å². The van der Waals surface area contributed by atoms with Gasteiger partial charge in [0, 0.05) is 42.1 Å². The molecule has 5 rings (SSSR count). The van der Waals surface area contributed by atoms with Crippen molar-refractivity contribution >= 4 is 5.69 Å². The third-order valence-electron chi connectivity index (χ3n) is 5.49. The molecule has 2 aromatic heterocycles. The van der Waals surface area contributed by atoms with Crippen LogP contribution < -0.4 is 5.32 Å². The Morgan fingerprint density at radius 1 is 0.929 bits per heavy atom. The quantitative estimate of drug-likeness (QED) is 0.482. The molecule has 0 atom stereocenters. The smallest absolute Gasteiger partial charge is 0.226 e. The van der Waals surface area contributed by atoms with Crippen LogP contribution in [0.15, 0.2) is 39.4 Å².